The van der Waals surface area contributed by atoms with Crippen molar-refractivity contribution in [3.05, 3.63) is 33.7 Å². The largest absolute Gasteiger partial charge is 0.144 e. The van der Waals surface area contributed by atoms with Crippen LogP contribution in [-0.2, 0) is 6.42 Å². The van der Waals surface area contributed by atoms with E-state index in [1.54, 1.807) is 11.3 Å². The fourth-order valence-electron chi connectivity index (χ4n) is 1.72. The molecule has 0 spiro atoms. The van der Waals surface area contributed by atoms with Gasteiger partial charge in [-0.1, -0.05) is 18.5 Å². The summed E-state index contributed by atoms with van der Waals surface area (Å²) in [5.41, 5.74) is 2.62. The zero-order valence-corrected chi connectivity index (χ0v) is 9.30. The summed E-state index contributed by atoms with van der Waals surface area (Å²) in [6, 6.07) is 4.25. The van der Waals surface area contributed by atoms with Crippen molar-refractivity contribution in [2.24, 2.45) is 0 Å². The molecule has 0 aliphatic carbocycles. The third-order valence-corrected chi connectivity index (χ3v) is 3.65. The molecule has 0 aliphatic heterocycles. The van der Waals surface area contributed by atoms with Crippen LogP contribution in [0.4, 0.5) is 0 Å². The lowest BCUT2D eigenvalue weighted by Gasteiger charge is -2.06. The molecule has 0 fully saturated rings. The molecule has 0 N–H and O–H groups in total. The highest BCUT2D eigenvalue weighted by Gasteiger charge is 2.07. The van der Waals surface area contributed by atoms with Crippen molar-refractivity contribution in [1.29, 1.82) is 0 Å². The Kier molecular flexibility index (Phi) is 2.31. The molecule has 0 unspecified atom stereocenters. The third kappa shape index (κ3) is 1.36. The molecule has 0 nitrogen and oxygen atoms in total. The van der Waals surface area contributed by atoms with Crippen LogP contribution < -0.4 is 0 Å². The number of halogens is 1. The Morgan fingerprint density at radius 3 is 2.92 bits per heavy atom. The summed E-state index contributed by atoms with van der Waals surface area (Å²) in [5.74, 6) is 0. The normalized spacial score (nSPS) is 11.0. The first-order valence-corrected chi connectivity index (χ1v) is 5.65. The predicted octanol–water partition coefficient (Wildman–Crippen LogP) is 4.43. The summed E-state index contributed by atoms with van der Waals surface area (Å²) >= 11 is 7.92. The number of rotatable bonds is 1. The van der Waals surface area contributed by atoms with Crippen molar-refractivity contribution in [2.75, 3.05) is 0 Å². The van der Waals surface area contributed by atoms with Crippen molar-refractivity contribution >= 4 is 33.0 Å². The molecule has 68 valence electrons. The van der Waals surface area contributed by atoms with Crippen LogP contribution in [0.15, 0.2) is 17.5 Å². The molecular weight excluding hydrogens is 200 g/mol. The molecular formula is C11H11ClS. The molecule has 1 aromatic heterocycles. The highest BCUT2D eigenvalue weighted by molar-refractivity contribution is 7.17. The van der Waals surface area contributed by atoms with Gasteiger partial charge >= 0.3 is 0 Å². The topological polar surface area (TPSA) is 0 Å². The molecule has 0 aliphatic rings. The van der Waals surface area contributed by atoms with E-state index < -0.39 is 0 Å². The highest BCUT2D eigenvalue weighted by atomic mass is 35.5. The van der Waals surface area contributed by atoms with Crippen molar-refractivity contribution < 1.29 is 0 Å². The standard InChI is InChI=1S/C11H11ClS/c1-3-8-7(2)9-4-5-13-11(9)6-10(8)12/h4-6H,3H2,1-2H3. The van der Waals surface area contributed by atoms with Gasteiger partial charge in [-0.25, -0.2) is 0 Å². The van der Waals surface area contributed by atoms with Gasteiger partial charge in [-0.3, -0.25) is 0 Å². The molecule has 0 saturated carbocycles. The number of aryl methyl sites for hydroxylation is 1. The lowest BCUT2D eigenvalue weighted by Crippen LogP contribution is -1.87. The van der Waals surface area contributed by atoms with E-state index in [1.807, 2.05) is 0 Å². The van der Waals surface area contributed by atoms with Crippen LogP contribution >= 0.6 is 22.9 Å². The molecule has 0 saturated heterocycles. The van der Waals surface area contributed by atoms with Gasteiger partial charge in [-0.05, 0) is 47.4 Å². The van der Waals surface area contributed by atoms with Gasteiger partial charge in [-0.2, -0.15) is 0 Å². The van der Waals surface area contributed by atoms with E-state index >= 15 is 0 Å². The number of thiophene rings is 1. The van der Waals surface area contributed by atoms with E-state index in [9.17, 15) is 0 Å². The second-order valence-electron chi connectivity index (χ2n) is 3.15. The molecule has 0 atom stereocenters. The average molecular weight is 211 g/mol. The van der Waals surface area contributed by atoms with Crippen LogP contribution in [0.3, 0.4) is 0 Å². The summed E-state index contributed by atoms with van der Waals surface area (Å²) in [6.07, 6.45) is 1.01. The van der Waals surface area contributed by atoms with Gasteiger partial charge in [0, 0.05) is 9.72 Å². The minimum atomic E-state index is 0.912. The number of benzene rings is 1. The smallest absolute Gasteiger partial charge is 0.0455 e. The summed E-state index contributed by atoms with van der Waals surface area (Å²) in [6.45, 7) is 4.30. The monoisotopic (exact) mass is 210 g/mol. The van der Waals surface area contributed by atoms with E-state index in [2.05, 4.69) is 31.4 Å². The Bertz CT molecular complexity index is 443. The molecule has 2 heteroatoms. The van der Waals surface area contributed by atoms with E-state index in [1.165, 1.54) is 21.2 Å². The van der Waals surface area contributed by atoms with E-state index in [0.717, 1.165) is 11.4 Å². The molecule has 0 radical (unpaired) electrons. The van der Waals surface area contributed by atoms with Gasteiger partial charge in [0.25, 0.3) is 0 Å². The van der Waals surface area contributed by atoms with Crippen LogP contribution in [0.1, 0.15) is 18.1 Å². The molecule has 0 bridgehead atoms. The average Bonchev–Trinajstić information content (AvgIpc) is 2.53. The number of fused-ring (bicyclic) bond motifs is 1. The predicted molar refractivity (Wildman–Crippen MR) is 61.0 cm³/mol. The van der Waals surface area contributed by atoms with Crippen LogP contribution in [-0.4, -0.2) is 0 Å². The quantitative estimate of drug-likeness (QED) is 0.654. The fraction of sp³-hybridized carbons (Fsp3) is 0.273. The van der Waals surface area contributed by atoms with Gasteiger partial charge < -0.3 is 0 Å². The molecule has 2 rings (SSSR count). The van der Waals surface area contributed by atoms with Crippen LogP contribution in [0, 0.1) is 6.92 Å². The van der Waals surface area contributed by atoms with Crippen molar-refractivity contribution in [3.63, 3.8) is 0 Å². The van der Waals surface area contributed by atoms with Gasteiger partial charge in [-0.15, -0.1) is 11.3 Å². The fourth-order valence-corrected chi connectivity index (χ4v) is 3.05. The summed E-state index contributed by atoms with van der Waals surface area (Å²) < 4.78 is 1.29. The molecule has 1 aromatic carbocycles. The Hall–Kier alpha value is -0.530. The van der Waals surface area contributed by atoms with Crippen LogP contribution in [0.25, 0.3) is 10.1 Å². The maximum absolute atomic E-state index is 6.17. The minimum Gasteiger partial charge on any atom is -0.144 e. The van der Waals surface area contributed by atoms with Gasteiger partial charge in [0.2, 0.25) is 0 Å². The van der Waals surface area contributed by atoms with Crippen molar-refractivity contribution in [2.45, 2.75) is 20.3 Å². The summed E-state index contributed by atoms with van der Waals surface area (Å²) in [5, 5.41) is 4.38. The van der Waals surface area contributed by atoms with E-state index in [0.29, 0.717) is 0 Å². The van der Waals surface area contributed by atoms with E-state index in [4.69, 9.17) is 11.6 Å². The first kappa shape index (κ1) is 9.04. The zero-order chi connectivity index (χ0) is 9.42. The van der Waals surface area contributed by atoms with Crippen molar-refractivity contribution in [3.8, 4) is 0 Å². The lowest BCUT2D eigenvalue weighted by atomic mass is 10.0. The lowest BCUT2D eigenvalue weighted by molar-refractivity contribution is 1.12. The van der Waals surface area contributed by atoms with E-state index in [-0.39, 0.29) is 0 Å². The Labute approximate surface area is 87.2 Å². The van der Waals surface area contributed by atoms with Crippen molar-refractivity contribution in [1.82, 2.24) is 0 Å². The minimum absolute atomic E-state index is 0.912. The third-order valence-electron chi connectivity index (χ3n) is 2.45. The van der Waals surface area contributed by atoms with Crippen LogP contribution in [0.2, 0.25) is 5.02 Å². The van der Waals surface area contributed by atoms with Gasteiger partial charge in [0.05, 0.1) is 0 Å². The van der Waals surface area contributed by atoms with Gasteiger partial charge in [0.1, 0.15) is 0 Å². The number of hydrogen-bond donors (Lipinski definition) is 0. The summed E-state index contributed by atoms with van der Waals surface area (Å²) in [7, 11) is 0. The van der Waals surface area contributed by atoms with Gasteiger partial charge in [0.15, 0.2) is 0 Å². The molecule has 1 heterocycles. The maximum atomic E-state index is 6.17. The second-order valence-corrected chi connectivity index (χ2v) is 4.50. The highest BCUT2D eigenvalue weighted by Crippen LogP contribution is 2.32. The SMILES string of the molecule is CCc1c(Cl)cc2sccc2c1C. The number of hydrogen-bond acceptors (Lipinski definition) is 1. The first-order valence-electron chi connectivity index (χ1n) is 4.39. The first-order chi connectivity index (χ1) is 6.24. The molecule has 2 aromatic rings. The molecule has 13 heavy (non-hydrogen) atoms. The Balaban J connectivity index is 2.85. The second kappa shape index (κ2) is 3.32. The summed E-state index contributed by atoms with van der Waals surface area (Å²) in [4.78, 5) is 0. The Morgan fingerprint density at radius 2 is 2.23 bits per heavy atom. The Morgan fingerprint density at radius 1 is 1.46 bits per heavy atom. The zero-order valence-electron chi connectivity index (χ0n) is 7.73. The molecule has 0 amide bonds. The van der Waals surface area contributed by atoms with Crippen LogP contribution in [0.5, 0.6) is 0 Å². The maximum Gasteiger partial charge on any atom is 0.0455 e.